The summed E-state index contributed by atoms with van der Waals surface area (Å²) in [6, 6.07) is 1.61. The molecule has 1 aromatic rings. The van der Waals surface area contributed by atoms with Crippen LogP contribution in [0.3, 0.4) is 0 Å². The standard InChI is InChI=1S/C12H21N3O2/c1-4-10(7-16)14-12(17)11-5-9(13)6-15(11)8(2)3/h5-6,8,10,16H,4,7,13H2,1-3H3,(H,14,17)/t10-/m0/s1. The SMILES string of the molecule is CC[C@@H](CO)NC(=O)c1cc(N)cn1C(C)C. The van der Waals surface area contributed by atoms with E-state index < -0.39 is 0 Å². The summed E-state index contributed by atoms with van der Waals surface area (Å²) in [4.78, 5) is 12.0. The average Bonchev–Trinajstić information content (AvgIpc) is 2.68. The maximum atomic E-state index is 12.0. The minimum Gasteiger partial charge on any atom is -0.397 e. The fourth-order valence-corrected chi connectivity index (χ4v) is 1.65. The van der Waals surface area contributed by atoms with Gasteiger partial charge in [0.1, 0.15) is 5.69 Å². The van der Waals surface area contributed by atoms with E-state index >= 15 is 0 Å². The molecule has 0 aliphatic carbocycles. The van der Waals surface area contributed by atoms with Crippen molar-refractivity contribution in [3.8, 4) is 0 Å². The van der Waals surface area contributed by atoms with E-state index in [1.807, 2.05) is 25.3 Å². The van der Waals surface area contributed by atoms with E-state index in [1.54, 1.807) is 12.3 Å². The summed E-state index contributed by atoms with van der Waals surface area (Å²) < 4.78 is 1.83. The van der Waals surface area contributed by atoms with Crippen LogP contribution in [0.2, 0.25) is 0 Å². The van der Waals surface area contributed by atoms with Crippen molar-refractivity contribution in [3.63, 3.8) is 0 Å². The molecule has 5 nitrogen and oxygen atoms in total. The van der Waals surface area contributed by atoms with Crippen LogP contribution in [0.25, 0.3) is 0 Å². The molecule has 1 aromatic heterocycles. The van der Waals surface area contributed by atoms with Crippen LogP contribution in [0.4, 0.5) is 5.69 Å². The van der Waals surface area contributed by atoms with Crippen LogP contribution in [0, 0.1) is 0 Å². The first-order valence-electron chi connectivity index (χ1n) is 5.88. The Morgan fingerprint density at radius 1 is 1.59 bits per heavy atom. The van der Waals surface area contributed by atoms with E-state index in [2.05, 4.69) is 5.32 Å². The van der Waals surface area contributed by atoms with E-state index in [9.17, 15) is 4.79 Å². The Morgan fingerprint density at radius 2 is 2.24 bits per heavy atom. The van der Waals surface area contributed by atoms with Gasteiger partial charge in [-0.25, -0.2) is 0 Å². The van der Waals surface area contributed by atoms with Crippen LogP contribution in [-0.2, 0) is 0 Å². The number of aliphatic hydroxyl groups is 1. The van der Waals surface area contributed by atoms with Gasteiger partial charge >= 0.3 is 0 Å². The van der Waals surface area contributed by atoms with E-state index in [4.69, 9.17) is 10.8 Å². The van der Waals surface area contributed by atoms with Crippen molar-refractivity contribution in [1.29, 1.82) is 0 Å². The molecular weight excluding hydrogens is 218 g/mol. The summed E-state index contributed by atoms with van der Waals surface area (Å²) in [5.74, 6) is -0.198. The number of carbonyl (C=O) groups is 1. The van der Waals surface area contributed by atoms with Crippen molar-refractivity contribution >= 4 is 11.6 Å². The summed E-state index contributed by atoms with van der Waals surface area (Å²) in [7, 11) is 0. The number of aromatic nitrogens is 1. The molecule has 1 atom stereocenters. The van der Waals surface area contributed by atoms with Gasteiger partial charge in [0.2, 0.25) is 0 Å². The summed E-state index contributed by atoms with van der Waals surface area (Å²) in [5.41, 5.74) is 6.80. The van der Waals surface area contributed by atoms with Crippen molar-refractivity contribution in [2.24, 2.45) is 0 Å². The van der Waals surface area contributed by atoms with Crippen LogP contribution in [0.1, 0.15) is 43.7 Å². The number of hydrogen-bond donors (Lipinski definition) is 3. The Morgan fingerprint density at radius 3 is 2.71 bits per heavy atom. The fourth-order valence-electron chi connectivity index (χ4n) is 1.65. The van der Waals surface area contributed by atoms with E-state index in [-0.39, 0.29) is 24.6 Å². The topological polar surface area (TPSA) is 80.3 Å². The zero-order chi connectivity index (χ0) is 13.0. The summed E-state index contributed by atoms with van der Waals surface area (Å²) in [5, 5.41) is 11.8. The van der Waals surface area contributed by atoms with Gasteiger partial charge in [-0.1, -0.05) is 6.92 Å². The lowest BCUT2D eigenvalue weighted by Gasteiger charge is -2.16. The number of nitrogen functional groups attached to an aromatic ring is 1. The third-order valence-corrected chi connectivity index (χ3v) is 2.71. The molecule has 0 fully saturated rings. The number of aliphatic hydroxyl groups excluding tert-OH is 1. The molecule has 0 spiro atoms. The van der Waals surface area contributed by atoms with E-state index in [0.29, 0.717) is 17.8 Å². The second-order valence-corrected chi connectivity index (χ2v) is 4.42. The molecule has 0 aliphatic rings. The summed E-state index contributed by atoms with van der Waals surface area (Å²) in [6.45, 7) is 5.83. The molecule has 17 heavy (non-hydrogen) atoms. The zero-order valence-corrected chi connectivity index (χ0v) is 10.6. The van der Waals surface area contributed by atoms with Gasteiger partial charge in [-0.3, -0.25) is 4.79 Å². The number of hydrogen-bond acceptors (Lipinski definition) is 3. The molecule has 0 bridgehead atoms. The van der Waals surface area contributed by atoms with Gasteiger partial charge in [0, 0.05) is 12.2 Å². The Kier molecular flexibility index (Phi) is 4.57. The maximum Gasteiger partial charge on any atom is 0.268 e. The zero-order valence-electron chi connectivity index (χ0n) is 10.6. The van der Waals surface area contributed by atoms with Gasteiger partial charge < -0.3 is 20.7 Å². The summed E-state index contributed by atoms with van der Waals surface area (Å²) in [6.07, 6.45) is 2.44. The first kappa shape index (κ1) is 13.6. The van der Waals surface area contributed by atoms with Gasteiger partial charge in [-0.2, -0.15) is 0 Å². The van der Waals surface area contributed by atoms with Gasteiger partial charge in [0.25, 0.3) is 5.91 Å². The highest BCUT2D eigenvalue weighted by atomic mass is 16.3. The second-order valence-electron chi connectivity index (χ2n) is 4.42. The lowest BCUT2D eigenvalue weighted by Crippen LogP contribution is -2.38. The third-order valence-electron chi connectivity index (χ3n) is 2.71. The van der Waals surface area contributed by atoms with E-state index in [1.165, 1.54) is 0 Å². The smallest absolute Gasteiger partial charge is 0.268 e. The number of anilines is 1. The molecule has 0 unspecified atom stereocenters. The van der Waals surface area contributed by atoms with Crippen LogP contribution in [0.5, 0.6) is 0 Å². The van der Waals surface area contributed by atoms with Crippen molar-refractivity contribution < 1.29 is 9.90 Å². The Balaban J connectivity index is 2.88. The highest BCUT2D eigenvalue weighted by Crippen LogP contribution is 2.16. The van der Waals surface area contributed by atoms with Gasteiger partial charge in [-0.05, 0) is 26.3 Å². The number of nitrogens with zero attached hydrogens (tertiary/aromatic N) is 1. The average molecular weight is 239 g/mol. The van der Waals surface area contributed by atoms with Crippen molar-refractivity contribution in [1.82, 2.24) is 9.88 Å². The maximum absolute atomic E-state index is 12.0. The fraction of sp³-hybridized carbons (Fsp3) is 0.583. The van der Waals surface area contributed by atoms with E-state index in [0.717, 1.165) is 0 Å². The molecule has 4 N–H and O–H groups in total. The first-order chi connectivity index (χ1) is 7.99. The molecule has 0 aliphatic heterocycles. The molecule has 0 radical (unpaired) electrons. The number of nitrogens with two attached hydrogens (primary N) is 1. The number of rotatable bonds is 5. The molecule has 0 aromatic carbocycles. The molecular formula is C12H21N3O2. The van der Waals surface area contributed by atoms with Crippen LogP contribution in [-0.4, -0.2) is 28.2 Å². The molecule has 0 saturated carbocycles. The van der Waals surface area contributed by atoms with Crippen LogP contribution < -0.4 is 11.1 Å². The highest BCUT2D eigenvalue weighted by Gasteiger charge is 2.17. The molecule has 5 heteroatoms. The van der Waals surface area contributed by atoms with Crippen LogP contribution in [0.15, 0.2) is 12.3 Å². The molecule has 0 saturated heterocycles. The Hall–Kier alpha value is -1.49. The lowest BCUT2D eigenvalue weighted by molar-refractivity contribution is 0.0904. The Bertz CT molecular complexity index is 381. The normalized spacial score (nSPS) is 12.8. The van der Waals surface area contributed by atoms with Gasteiger partial charge in [0.15, 0.2) is 0 Å². The third kappa shape index (κ3) is 3.23. The summed E-state index contributed by atoms with van der Waals surface area (Å²) >= 11 is 0. The van der Waals surface area contributed by atoms with Crippen molar-refractivity contribution in [3.05, 3.63) is 18.0 Å². The van der Waals surface area contributed by atoms with Gasteiger partial charge in [-0.15, -0.1) is 0 Å². The van der Waals surface area contributed by atoms with Crippen LogP contribution >= 0.6 is 0 Å². The molecule has 96 valence electrons. The number of nitrogens with one attached hydrogen (secondary N) is 1. The number of amides is 1. The highest BCUT2D eigenvalue weighted by molar-refractivity contribution is 5.94. The molecule has 1 amide bonds. The number of carbonyl (C=O) groups excluding carboxylic acids is 1. The predicted molar refractivity (Wildman–Crippen MR) is 67.9 cm³/mol. The predicted octanol–water partition coefficient (Wildman–Crippen LogP) is 1.15. The first-order valence-corrected chi connectivity index (χ1v) is 5.88. The minimum absolute atomic E-state index is 0.0554. The van der Waals surface area contributed by atoms with Gasteiger partial charge in [0.05, 0.1) is 18.3 Å². The molecule has 1 rings (SSSR count). The molecule has 1 heterocycles. The monoisotopic (exact) mass is 239 g/mol. The quantitative estimate of drug-likeness (QED) is 0.721. The van der Waals surface area contributed by atoms with Crippen molar-refractivity contribution in [2.75, 3.05) is 12.3 Å². The Labute approximate surface area is 102 Å². The minimum atomic E-state index is -0.209. The largest absolute Gasteiger partial charge is 0.397 e. The van der Waals surface area contributed by atoms with Crippen molar-refractivity contribution in [2.45, 2.75) is 39.3 Å². The lowest BCUT2D eigenvalue weighted by atomic mass is 10.2. The second kappa shape index (κ2) is 5.72.